The molecule has 2 rings (SSSR count). The molecule has 1 amide bonds. The summed E-state index contributed by atoms with van der Waals surface area (Å²) in [5.74, 6) is 0.0564. The molecule has 3 N–H and O–H groups in total. The van der Waals surface area contributed by atoms with Crippen molar-refractivity contribution in [3.8, 4) is 0 Å². The number of aryl methyl sites for hydroxylation is 1. The Bertz CT molecular complexity index is 680. The summed E-state index contributed by atoms with van der Waals surface area (Å²) in [5.41, 5.74) is 10.2. The van der Waals surface area contributed by atoms with Crippen LogP contribution in [0.25, 0.3) is 0 Å². The average molecular weight is 339 g/mol. The van der Waals surface area contributed by atoms with E-state index in [2.05, 4.69) is 42.3 Å². The summed E-state index contributed by atoms with van der Waals surface area (Å²) in [7, 11) is 0. The molecule has 0 atom stereocenters. The van der Waals surface area contributed by atoms with E-state index in [4.69, 9.17) is 5.73 Å². The highest BCUT2D eigenvalue weighted by molar-refractivity contribution is 5.76. The lowest BCUT2D eigenvalue weighted by Crippen LogP contribution is -2.26. The maximum absolute atomic E-state index is 12.2. The number of benzene rings is 2. The number of amides is 1. The largest absolute Gasteiger partial charge is 0.399 e. The van der Waals surface area contributed by atoms with Crippen molar-refractivity contribution in [3.05, 3.63) is 65.2 Å². The van der Waals surface area contributed by atoms with Gasteiger partial charge in [0.05, 0.1) is 0 Å². The van der Waals surface area contributed by atoms with E-state index in [1.165, 1.54) is 11.1 Å². The second kappa shape index (κ2) is 9.84. The smallest absolute Gasteiger partial charge is 0.220 e. The highest BCUT2D eigenvalue weighted by Gasteiger charge is 2.08. The second-order valence-electron chi connectivity index (χ2n) is 6.21. The predicted molar refractivity (Wildman–Crippen MR) is 104 cm³/mol. The van der Waals surface area contributed by atoms with E-state index in [0.29, 0.717) is 19.4 Å². The van der Waals surface area contributed by atoms with Gasteiger partial charge in [-0.15, -0.1) is 0 Å². The number of carbonyl (C=O) groups excluding carboxylic acids is 1. The third kappa shape index (κ3) is 5.91. The molecule has 0 heterocycles. The van der Waals surface area contributed by atoms with Gasteiger partial charge in [-0.05, 0) is 42.3 Å². The molecule has 0 bridgehead atoms. The standard InChI is InChI=1S/C21H29N3O/c1-3-24(4-2)16-19-11-6-5-10-18(19)15-23-21(25)14-13-17-9-7-8-12-20(17)22/h5-12H,3-4,13-16,22H2,1-2H3,(H,23,25). The molecule has 0 fully saturated rings. The van der Waals surface area contributed by atoms with Crippen molar-refractivity contribution < 1.29 is 4.79 Å². The summed E-state index contributed by atoms with van der Waals surface area (Å²) in [6.07, 6.45) is 1.12. The zero-order valence-corrected chi connectivity index (χ0v) is 15.3. The highest BCUT2D eigenvalue weighted by atomic mass is 16.1. The molecule has 0 saturated heterocycles. The van der Waals surface area contributed by atoms with Crippen LogP contribution in [0.4, 0.5) is 5.69 Å². The lowest BCUT2D eigenvalue weighted by molar-refractivity contribution is -0.121. The number of rotatable bonds is 9. The molecule has 25 heavy (non-hydrogen) atoms. The van der Waals surface area contributed by atoms with E-state index in [1.807, 2.05) is 30.3 Å². The molecule has 0 aromatic heterocycles. The summed E-state index contributed by atoms with van der Waals surface area (Å²) in [6, 6.07) is 16.0. The van der Waals surface area contributed by atoms with Gasteiger partial charge in [0, 0.05) is 25.2 Å². The molecule has 4 nitrogen and oxygen atoms in total. The Hall–Kier alpha value is -2.33. The SMILES string of the molecule is CCN(CC)Cc1ccccc1CNC(=O)CCc1ccccc1N. The molecule has 2 aromatic carbocycles. The number of para-hydroxylation sites is 1. The van der Waals surface area contributed by atoms with Gasteiger partial charge in [-0.3, -0.25) is 9.69 Å². The van der Waals surface area contributed by atoms with Crippen LogP contribution in [0.1, 0.15) is 37.0 Å². The Morgan fingerprint density at radius 2 is 1.56 bits per heavy atom. The lowest BCUT2D eigenvalue weighted by Gasteiger charge is -2.20. The fraction of sp³-hybridized carbons (Fsp3) is 0.381. The van der Waals surface area contributed by atoms with Crippen molar-refractivity contribution in [2.24, 2.45) is 0 Å². The second-order valence-corrected chi connectivity index (χ2v) is 6.21. The first-order valence-electron chi connectivity index (χ1n) is 9.03. The van der Waals surface area contributed by atoms with Crippen molar-refractivity contribution in [1.82, 2.24) is 10.2 Å². The number of carbonyl (C=O) groups is 1. The molecule has 0 aliphatic heterocycles. The summed E-state index contributed by atoms with van der Waals surface area (Å²) in [6.45, 7) is 7.87. The minimum absolute atomic E-state index is 0.0564. The fourth-order valence-electron chi connectivity index (χ4n) is 2.86. The van der Waals surface area contributed by atoms with Gasteiger partial charge in [0.15, 0.2) is 0 Å². The summed E-state index contributed by atoms with van der Waals surface area (Å²) in [5, 5.41) is 3.04. The van der Waals surface area contributed by atoms with Gasteiger partial charge in [-0.1, -0.05) is 56.3 Å². The summed E-state index contributed by atoms with van der Waals surface area (Å²) >= 11 is 0. The number of nitrogens with one attached hydrogen (secondary N) is 1. The minimum atomic E-state index is 0.0564. The molecule has 0 unspecified atom stereocenters. The monoisotopic (exact) mass is 339 g/mol. The van der Waals surface area contributed by atoms with Crippen molar-refractivity contribution in [2.75, 3.05) is 18.8 Å². The van der Waals surface area contributed by atoms with Gasteiger partial charge in [-0.2, -0.15) is 0 Å². The number of hydrogen-bond acceptors (Lipinski definition) is 3. The van der Waals surface area contributed by atoms with Crippen LogP contribution >= 0.6 is 0 Å². The van der Waals surface area contributed by atoms with E-state index in [0.717, 1.165) is 30.9 Å². The van der Waals surface area contributed by atoms with E-state index < -0.39 is 0 Å². The minimum Gasteiger partial charge on any atom is -0.399 e. The Kier molecular flexibility index (Phi) is 7.48. The van der Waals surface area contributed by atoms with E-state index in [1.54, 1.807) is 0 Å². The molecule has 0 saturated carbocycles. The predicted octanol–water partition coefficient (Wildman–Crippen LogP) is 3.36. The summed E-state index contributed by atoms with van der Waals surface area (Å²) < 4.78 is 0. The molecule has 4 heteroatoms. The molecule has 0 radical (unpaired) electrons. The van der Waals surface area contributed by atoms with E-state index >= 15 is 0 Å². The maximum atomic E-state index is 12.2. The van der Waals surface area contributed by atoms with Gasteiger partial charge >= 0.3 is 0 Å². The van der Waals surface area contributed by atoms with Crippen LogP contribution in [0.2, 0.25) is 0 Å². The topological polar surface area (TPSA) is 58.4 Å². The van der Waals surface area contributed by atoms with Crippen LogP contribution in [-0.2, 0) is 24.3 Å². The van der Waals surface area contributed by atoms with Crippen LogP contribution in [-0.4, -0.2) is 23.9 Å². The Morgan fingerprint density at radius 1 is 0.960 bits per heavy atom. The van der Waals surface area contributed by atoms with Crippen molar-refractivity contribution in [3.63, 3.8) is 0 Å². The number of nitrogens with two attached hydrogens (primary N) is 1. The molecule has 2 aromatic rings. The number of anilines is 1. The number of hydrogen-bond donors (Lipinski definition) is 2. The van der Waals surface area contributed by atoms with Crippen LogP contribution in [0, 0.1) is 0 Å². The quantitative estimate of drug-likeness (QED) is 0.689. The Balaban J connectivity index is 1.88. The van der Waals surface area contributed by atoms with Gasteiger partial charge in [0.1, 0.15) is 0 Å². The third-order valence-corrected chi connectivity index (χ3v) is 4.56. The van der Waals surface area contributed by atoms with Gasteiger partial charge in [0.25, 0.3) is 0 Å². The van der Waals surface area contributed by atoms with Gasteiger partial charge < -0.3 is 11.1 Å². The van der Waals surface area contributed by atoms with Crippen LogP contribution < -0.4 is 11.1 Å². The number of nitrogen functional groups attached to an aromatic ring is 1. The van der Waals surface area contributed by atoms with Crippen molar-refractivity contribution >= 4 is 11.6 Å². The van der Waals surface area contributed by atoms with Crippen molar-refractivity contribution in [2.45, 2.75) is 39.8 Å². The zero-order chi connectivity index (χ0) is 18.1. The molecular formula is C21H29N3O. The van der Waals surface area contributed by atoms with Crippen LogP contribution in [0.15, 0.2) is 48.5 Å². The van der Waals surface area contributed by atoms with E-state index in [-0.39, 0.29) is 5.91 Å². The Labute approximate surface area is 151 Å². The highest BCUT2D eigenvalue weighted by Crippen LogP contribution is 2.14. The first kappa shape index (κ1) is 19.0. The molecule has 0 aliphatic carbocycles. The van der Waals surface area contributed by atoms with Crippen LogP contribution in [0.5, 0.6) is 0 Å². The molecule has 0 spiro atoms. The first-order valence-corrected chi connectivity index (χ1v) is 9.03. The third-order valence-electron chi connectivity index (χ3n) is 4.56. The first-order chi connectivity index (χ1) is 12.1. The normalized spacial score (nSPS) is 10.8. The molecule has 0 aliphatic rings. The average Bonchev–Trinajstić information content (AvgIpc) is 2.64. The zero-order valence-electron chi connectivity index (χ0n) is 15.3. The fourth-order valence-corrected chi connectivity index (χ4v) is 2.86. The molecular weight excluding hydrogens is 310 g/mol. The Morgan fingerprint density at radius 3 is 2.20 bits per heavy atom. The lowest BCUT2D eigenvalue weighted by atomic mass is 10.1. The van der Waals surface area contributed by atoms with Gasteiger partial charge in [0.2, 0.25) is 5.91 Å². The van der Waals surface area contributed by atoms with Gasteiger partial charge in [-0.25, -0.2) is 0 Å². The van der Waals surface area contributed by atoms with Crippen LogP contribution in [0.3, 0.4) is 0 Å². The maximum Gasteiger partial charge on any atom is 0.220 e. The van der Waals surface area contributed by atoms with E-state index in [9.17, 15) is 4.79 Å². The molecule has 134 valence electrons. The summed E-state index contributed by atoms with van der Waals surface area (Å²) in [4.78, 5) is 14.6. The van der Waals surface area contributed by atoms with Crippen molar-refractivity contribution in [1.29, 1.82) is 0 Å². The number of nitrogens with zero attached hydrogens (tertiary/aromatic N) is 1.